The van der Waals surface area contributed by atoms with E-state index in [1.54, 1.807) is 12.1 Å². The Balaban J connectivity index is 1.55. The van der Waals surface area contributed by atoms with Gasteiger partial charge in [-0.2, -0.15) is 0 Å². The second-order valence-corrected chi connectivity index (χ2v) is 9.29. The van der Waals surface area contributed by atoms with Gasteiger partial charge >= 0.3 is 0 Å². The predicted octanol–water partition coefficient (Wildman–Crippen LogP) is 3.71. The highest BCUT2D eigenvalue weighted by Crippen LogP contribution is 2.28. The van der Waals surface area contributed by atoms with E-state index in [9.17, 15) is 13.2 Å². The zero-order chi connectivity index (χ0) is 18.9. The molecule has 0 atom stereocenters. The topological polar surface area (TPSA) is 63.7 Å². The van der Waals surface area contributed by atoms with Gasteiger partial charge in [-0.05, 0) is 42.5 Å². The normalized spacial score (nSPS) is 14.8. The standard InChI is InChI=1S/C17H14Cl3NO4S/c18-11-1-4-13(5-2-11)26(23,24)14-8-21(9-14)17(22)10-25-16-6-3-12(19)7-15(16)20/h1-7,14H,8-10H2. The van der Waals surface area contributed by atoms with Gasteiger partial charge in [0.05, 0.1) is 9.92 Å². The summed E-state index contributed by atoms with van der Waals surface area (Å²) in [6, 6.07) is 10.7. The number of rotatable bonds is 5. The van der Waals surface area contributed by atoms with Crippen molar-refractivity contribution in [2.75, 3.05) is 19.7 Å². The summed E-state index contributed by atoms with van der Waals surface area (Å²) in [4.78, 5) is 13.8. The third-order valence-electron chi connectivity index (χ3n) is 4.03. The minimum atomic E-state index is -3.49. The first-order valence-electron chi connectivity index (χ1n) is 7.62. The summed E-state index contributed by atoms with van der Waals surface area (Å²) in [7, 11) is -3.49. The van der Waals surface area contributed by atoms with Crippen molar-refractivity contribution in [3.8, 4) is 5.75 Å². The first kappa shape index (κ1) is 19.3. The lowest BCUT2D eigenvalue weighted by atomic mass is 10.2. The van der Waals surface area contributed by atoms with Crippen LogP contribution in [0, 0.1) is 0 Å². The molecule has 26 heavy (non-hydrogen) atoms. The Morgan fingerprint density at radius 3 is 2.27 bits per heavy atom. The number of hydrogen-bond acceptors (Lipinski definition) is 4. The van der Waals surface area contributed by atoms with Gasteiger partial charge < -0.3 is 9.64 Å². The molecule has 138 valence electrons. The molecule has 2 aromatic carbocycles. The van der Waals surface area contributed by atoms with Crippen LogP contribution in [0.15, 0.2) is 47.4 Å². The monoisotopic (exact) mass is 433 g/mol. The van der Waals surface area contributed by atoms with E-state index in [-0.39, 0.29) is 30.5 Å². The van der Waals surface area contributed by atoms with Crippen molar-refractivity contribution in [1.29, 1.82) is 0 Å². The van der Waals surface area contributed by atoms with Crippen LogP contribution in [0.1, 0.15) is 0 Å². The Morgan fingerprint density at radius 2 is 1.65 bits per heavy atom. The lowest BCUT2D eigenvalue weighted by molar-refractivity contribution is -0.136. The highest BCUT2D eigenvalue weighted by molar-refractivity contribution is 7.92. The summed E-state index contributed by atoms with van der Waals surface area (Å²) in [5.74, 6) is 0.0360. The van der Waals surface area contributed by atoms with Gasteiger partial charge in [0.15, 0.2) is 16.4 Å². The van der Waals surface area contributed by atoms with E-state index in [4.69, 9.17) is 39.5 Å². The lowest BCUT2D eigenvalue weighted by Gasteiger charge is -2.38. The molecule has 1 aliphatic rings. The van der Waals surface area contributed by atoms with Crippen LogP contribution < -0.4 is 4.74 Å². The highest BCUT2D eigenvalue weighted by Gasteiger charge is 2.40. The van der Waals surface area contributed by atoms with Gasteiger partial charge in [-0.15, -0.1) is 0 Å². The van der Waals surface area contributed by atoms with Gasteiger partial charge in [-0.3, -0.25) is 4.79 Å². The van der Waals surface area contributed by atoms with Gasteiger partial charge in [0.1, 0.15) is 11.0 Å². The third-order valence-corrected chi connectivity index (χ3v) is 6.91. The van der Waals surface area contributed by atoms with Crippen LogP contribution in [0.25, 0.3) is 0 Å². The summed E-state index contributed by atoms with van der Waals surface area (Å²) in [5, 5.41) is 0.600. The highest BCUT2D eigenvalue weighted by atomic mass is 35.5. The average Bonchev–Trinajstić information content (AvgIpc) is 2.52. The van der Waals surface area contributed by atoms with Crippen molar-refractivity contribution < 1.29 is 17.9 Å². The molecule has 9 heteroatoms. The zero-order valence-corrected chi connectivity index (χ0v) is 16.4. The van der Waals surface area contributed by atoms with Crippen molar-refractivity contribution in [3.63, 3.8) is 0 Å². The minimum absolute atomic E-state index is 0.126. The number of halogens is 3. The first-order chi connectivity index (χ1) is 12.3. The second-order valence-electron chi connectivity index (χ2n) is 5.78. The van der Waals surface area contributed by atoms with E-state index < -0.39 is 15.1 Å². The molecule has 1 fully saturated rings. The molecule has 0 bridgehead atoms. The zero-order valence-electron chi connectivity index (χ0n) is 13.4. The van der Waals surface area contributed by atoms with E-state index in [0.29, 0.717) is 20.8 Å². The van der Waals surface area contributed by atoms with E-state index >= 15 is 0 Å². The van der Waals surface area contributed by atoms with Crippen LogP contribution in [0.3, 0.4) is 0 Å². The molecule has 1 amide bonds. The van der Waals surface area contributed by atoms with Gasteiger partial charge in [0.25, 0.3) is 5.91 Å². The summed E-state index contributed by atoms with van der Waals surface area (Å²) >= 11 is 17.6. The van der Waals surface area contributed by atoms with Crippen LogP contribution >= 0.6 is 34.8 Å². The molecule has 1 saturated heterocycles. The number of benzene rings is 2. The van der Waals surface area contributed by atoms with E-state index in [1.165, 1.54) is 35.2 Å². The quantitative estimate of drug-likeness (QED) is 0.719. The van der Waals surface area contributed by atoms with Gasteiger partial charge in [0.2, 0.25) is 0 Å². The Labute approximate surface area is 166 Å². The minimum Gasteiger partial charge on any atom is -0.482 e. The Kier molecular flexibility index (Phi) is 5.67. The van der Waals surface area contributed by atoms with Crippen LogP contribution in [0.2, 0.25) is 15.1 Å². The molecule has 0 aromatic heterocycles. The van der Waals surface area contributed by atoms with E-state index in [0.717, 1.165) is 0 Å². The molecular weight excluding hydrogens is 421 g/mol. The molecule has 2 aromatic rings. The molecule has 5 nitrogen and oxygen atoms in total. The SMILES string of the molecule is O=C(COc1ccc(Cl)cc1Cl)N1CC(S(=O)(=O)c2ccc(Cl)cc2)C1. The number of sulfone groups is 1. The number of carbonyl (C=O) groups excluding carboxylic acids is 1. The second kappa shape index (κ2) is 7.64. The fourth-order valence-corrected chi connectivity index (χ4v) is 4.72. The van der Waals surface area contributed by atoms with Crippen molar-refractivity contribution in [2.45, 2.75) is 10.1 Å². The number of carbonyl (C=O) groups is 1. The molecule has 0 spiro atoms. The van der Waals surface area contributed by atoms with Gasteiger partial charge in [0, 0.05) is 23.1 Å². The van der Waals surface area contributed by atoms with Crippen molar-refractivity contribution in [3.05, 3.63) is 57.5 Å². The number of amides is 1. The van der Waals surface area contributed by atoms with Crippen LogP contribution in [0.5, 0.6) is 5.75 Å². The fraction of sp³-hybridized carbons (Fsp3) is 0.235. The van der Waals surface area contributed by atoms with Crippen LogP contribution in [-0.4, -0.2) is 44.2 Å². The van der Waals surface area contributed by atoms with E-state index in [1.807, 2.05) is 0 Å². The average molecular weight is 435 g/mol. The Bertz CT molecular complexity index is 926. The van der Waals surface area contributed by atoms with Crippen LogP contribution in [-0.2, 0) is 14.6 Å². The maximum atomic E-state index is 12.5. The van der Waals surface area contributed by atoms with Gasteiger partial charge in [-0.25, -0.2) is 8.42 Å². The smallest absolute Gasteiger partial charge is 0.260 e. The predicted molar refractivity (Wildman–Crippen MR) is 101 cm³/mol. The number of ether oxygens (including phenoxy) is 1. The molecule has 0 radical (unpaired) electrons. The molecule has 3 rings (SSSR count). The maximum Gasteiger partial charge on any atom is 0.260 e. The Hall–Kier alpha value is -1.47. The molecule has 1 heterocycles. The number of nitrogens with zero attached hydrogens (tertiary/aromatic N) is 1. The van der Waals surface area contributed by atoms with E-state index in [2.05, 4.69) is 0 Å². The summed E-state index contributed by atoms with van der Waals surface area (Å²) in [6.07, 6.45) is 0. The largest absolute Gasteiger partial charge is 0.482 e. The summed E-state index contributed by atoms with van der Waals surface area (Å²) < 4.78 is 30.4. The first-order valence-corrected chi connectivity index (χ1v) is 10.3. The van der Waals surface area contributed by atoms with Crippen molar-refractivity contribution in [2.24, 2.45) is 0 Å². The van der Waals surface area contributed by atoms with Crippen LogP contribution in [0.4, 0.5) is 0 Å². The molecule has 0 unspecified atom stereocenters. The maximum absolute atomic E-state index is 12.5. The molecule has 0 saturated carbocycles. The number of likely N-dealkylation sites (tertiary alicyclic amines) is 1. The van der Waals surface area contributed by atoms with Crippen molar-refractivity contribution >= 4 is 50.5 Å². The third kappa shape index (κ3) is 4.09. The summed E-state index contributed by atoms with van der Waals surface area (Å²) in [6.45, 7) is 0.0259. The molecule has 0 aliphatic carbocycles. The molecular formula is C17H14Cl3NO4S. The van der Waals surface area contributed by atoms with Gasteiger partial charge in [-0.1, -0.05) is 34.8 Å². The Morgan fingerprint density at radius 1 is 1.04 bits per heavy atom. The van der Waals surface area contributed by atoms with Crippen molar-refractivity contribution in [1.82, 2.24) is 4.90 Å². The number of hydrogen-bond donors (Lipinski definition) is 0. The molecule has 0 N–H and O–H groups in total. The lowest BCUT2D eigenvalue weighted by Crippen LogP contribution is -2.57. The fourth-order valence-electron chi connectivity index (χ4n) is 2.48. The molecule has 1 aliphatic heterocycles. The summed E-state index contributed by atoms with van der Waals surface area (Å²) in [5.41, 5.74) is 0.